The number of hydrogen-bond donors (Lipinski definition) is 0. The largest absolute Gasteiger partial charge is 0.449 e. The Bertz CT molecular complexity index is 1010. The van der Waals surface area contributed by atoms with Crippen LogP contribution in [0.2, 0.25) is 10.0 Å². The first kappa shape index (κ1) is 18.3. The summed E-state index contributed by atoms with van der Waals surface area (Å²) in [5.41, 5.74) is 0.814. The van der Waals surface area contributed by atoms with E-state index in [-0.39, 0.29) is 11.9 Å². The van der Waals surface area contributed by atoms with E-state index >= 15 is 0 Å². The molecule has 28 heavy (non-hydrogen) atoms. The van der Waals surface area contributed by atoms with E-state index in [9.17, 15) is 9.59 Å². The molecule has 1 saturated heterocycles. The van der Waals surface area contributed by atoms with E-state index in [4.69, 9.17) is 27.9 Å². The number of thioether (sulfide) groups is 1. The maximum absolute atomic E-state index is 13.3. The molecule has 4 nitrogen and oxygen atoms in total. The van der Waals surface area contributed by atoms with E-state index in [1.165, 1.54) is 0 Å². The quantitative estimate of drug-likeness (QED) is 0.644. The fourth-order valence-electron chi connectivity index (χ4n) is 4.13. The van der Waals surface area contributed by atoms with Gasteiger partial charge in [-0.25, -0.2) is 4.79 Å². The molecule has 2 aliphatic heterocycles. The van der Waals surface area contributed by atoms with Gasteiger partial charge in [0.25, 0.3) is 0 Å². The van der Waals surface area contributed by atoms with Crippen LogP contribution in [-0.2, 0) is 15.1 Å². The first-order valence-corrected chi connectivity index (χ1v) is 10.8. The van der Waals surface area contributed by atoms with Gasteiger partial charge in [-0.1, -0.05) is 41.4 Å². The third-order valence-corrected chi connectivity index (χ3v) is 7.95. The van der Waals surface area contributed by atoms with Crippen LogP contribution in [0.5, 0.6) is 0 Å². The highest BCUT2D eigenvalue weighted by atomic mass is 35.5. The molecular weight excluding hydrogens is 417 g/mol. The van der Waals surface area contributed by atoms with Crippen molar-refractivity contribution in [3.05, 3.63) is 63.6 Å². The van der Waals surface area contributed by atoms with Crippen LogP contribution in [0.25, 0.3) is 0 Å². The topological polar surface area (TPSA) is 46.6 Å². The van der Waals surface area contributed by atoms with Crippen LogP contribution in [0.3, 0.4) is 0 Å². The number of fused-ring (bicyclic) bond motifs is 2. The van der Waals surface area contributed by atoms with E-state index in [1.807, 2.05) is 35.2 Å². The zero-order chi connectivity index (χ0) is 19.5. The number of benzene rings is 2. The second kappa shape index (κ2) is 6.41. The van der Waals surface area contributed by atoms with Gasteiger partial charge >= 0.3 is 5.97 Å². The van der Waals surface area contributed by atoms with Gasteiger partial charge in [0.15, 0.2) is 5.60 Å². The van der Waals surface area contributed by atoms with Crippen molar-refractivity contribution in [2.45, 2.75) is 34.5 Å². The lowest BCUT2D eigenvalue weighted by Gasteiger charge is -2.26. The highest BCUT2D eigenvalue weighted by Crippen LogP contribution is 2.54. The van der Waals surface area contributed by atoms with Gasteiger partial charge in [0, 0.05) is 23.4 Å². The number of carbonyl (C=O) groups excluding carboxylic acids is 2. The zero-order valence-electron chi connectivity index (χ0n) is 14.9. The SMILES string of the molecule is O=C1OC2(CCN(C(=O)C3(Sc4ccc(Cl)c(Cl)c4)CC3)C2)c2ccccc21. The van der Waals surface area contributed by atoms with Gasteiger partial charge in [-0.15, -0.1) is 11.8 Å². The zero-order valence-corrected chi connectivity index (χ0v) is 17.2. The summed E-state index contributed by atoms with van der Waals surface area (Å²) in [4.78, 5) is 28.4. The minimum absolute atomic E-state index is 0.112. The molecule has 1 saturated carbocycles. The Balaban J connectivity index is 1.36. The summed E-state index contributed by atoms with van der Waals surface area (Å²) in [6, 6.07) is 12.9. The monoisotopic (exact) mass is 433 g/mol. The van der Waals surface area contributed by atoms with Gasteiger partial charge in [-0.05, 0) is 37.1 Å². The van der Waals surface area contributed by atoms with Crippen molar-refractivity contribution in [1.82, 2.24) is 4.90 Å². The normalized spacial score (nSPS) is 24.4. The van der Waals surface area contributed by atoms with E-state index in [2.05, 4.69) is 0 Å². The number of rotatable bonds is 3. The summed E-state index contributed by atoms with van der Waals surface area (Å²) < 4.78 is 5.32. The third-order valence-electron chi connectivity index (χ3n) is 5.74. The molecule has 2 aromatic carbocycles. The number of likely N-dealkylation sites (tertiary alicyclic amines) is 1. The standard InChI is InChI=1S/C21H17Cl2NO3S/c22-16-6-5-13(11-17(16)23)28-21(7-8-21)19(26)24-10-9-20(12-24)15-4-2-1-3-14(15)18(25)27-20/h1-6,11H,7-10,12H2. The van der Waals surface area contributed by atoms with Crippen molar-refractivity contribution in [2.24, 2.45) is 0 Å². The Hall–Kier alpha value is -1.69. The Morgan fingerprint density at radius 2 is 1.86 bits per heavy atom. The fraction of sp³-hybridized carbons (Fsp3) is 0.333. The van der Waals surface area contributed by atoms with E-state index < -0.39 is 10.3 Å². The molecule has 1 amide bonds. The van der Waals surface area contributed by atoms with Crippen LogP contribution in [0.15, 0.2) is 47.4 Å². The molecule has 1 aliphatic carbocycles. The molecular formula is C21H17Cl2NO3S. The minimum atomic E-state index is -0.701. The number of hydrogen-bond acceptors (Lipinski definition) is 4. The van der Waals surface area contributed by atoms with Crippen molar-refractivity contribution in [1.29, 1.82) is 0 Å². The van der Waals surface area contributed by atoms with Crippen LogP contribution in [0.1, 0.15) is 35.2 Å². The number of amides is 1. The summed E-state index contributed by atoms with van der Waals surface area (Å²) in [5.74, 6) is -0.183. The molecule has 1 spiro atoms. The van der Waals surface area contributed by atoms with Gasteiger partial charge < -0.3 is 9.64 Å². The van der Waals surface area contributed by atoms with Crippen LogP contribution in [-0.4, -0.2) is 34.6 Å². The van der Waals surface area contributed by atoms with E-state index in [0.29, 0.717) is 35.1 Å². The van der Waals surface area contributed by atoms with Crippen molar-refractivity contribution in [3.63, 3.8) is 0 Å². The molecule has 3 aliphatic rings. The molecule has 2 fully saturated rings. The first-order valence-electron chi connectivity index (χ1n) is 9.19. The number of nitrogens with zero attached hydrogens (tertiary/aromatic N) is 1. The maximum Gasteiger partial charge on any atom is 0.339 e. The number of ether oxygens (including phenoxy) is 1. The van der Waals surface area contributed by atoms with Gasteiger partial charge in [-0.2, -0.15) is 0 Å². The Labute approximate surface area is 177 Å². The van der Waals surface area contributed by atoms with E-state index in [0.717, 1.165) is 23.3 Å². The van der Waals surface area contributed by atoms with Gasteiger partial charge in [0.2, 0.25) is 5.91 Å². The Morgan fingerprint density at radius 3 is 2.61 bits per heavy atom. The van der Waals surface area contributed by atoms with Gasteiger partial charge in [0.05, 0.1) is 26.9 Å². The molecule has 0 N–H and O–H groups in total. The Kier molecular flexibility index (Phi) is 4.20. The van der Waals surface area contributed by atoms with Gasteiger partial charge in [0.1, 0.15) is 0 Å². The molecule has 2 heterocycles. The van der Waals surface area contributed by atoms with Crippen LogP contribution < -0.4 is 0 Å². The lowest BCUT2D eigenvalue weighted by molar-refractivity contribution is -0.131. The fourth-order valence-corrected chi connectivity index (χ4v) is 5.78. The van der Waals surface area contributed by atoms with Crippen molar-refractivity contribution < 1.29 is 14.3 Å². The van der Waals surface area contributed by atoms with Crippen LogP contribution >= 0.6 is 35.0 Å². The molecule has 0 aromatic heterocycles. The smallest absolute Gasteiger partial charge is 0.339 e. The minimum Gasteiger partial charge on any atom is -0.449 e. The molecule has 5 rings (SSSR count). The van der Waals surface area contributed by atoms with Crippen molar-refractivity contribution >= 4 is 46.8 Å². The summed E-state index contributed by atoms with van der Waals surface area (Å²) in [5, 5.41) is 0.995. The second-order valence-corrected chi connectivity index (χ2v) is 9.85. The van der Waals surface area contributed by atoms with E-state index in [1.54, 1.807) is 23.9 Å². The lowest BCUT2D eigenvalue weighted by atomic mass is 9.91. The maximum atomic E-state index is 13.3. The highest BCUT2D eigenvalue weighted by molar-refractivity contribution is 8.01. The average Bonchev–Trinajstić information content (AvgIpc) is 3.26. The average molecular weight is 434 g/mol. The summed E-state index contributed by atoms with van der Waals surface area (Å²) in [6.07, 6.45) is 2.29. The number of halogens is 2. The summed E-state index contributed by atoms with van der Waals surface area (Å²) in [7, 11) is 0. The van der Waals surface area contributed by atoms with Crippen LogP contribution in [0.4, 0.5) is 0 Å². The molecule has 144 valence electrons. The number of carbonyl (C=O) groups is 2. The lowest BCUT2D eigenvalue weighted by Crippen LogP contribution is -2.40. The number of esters is 1. The molecule has 1 atom stereocenters. The molecule has 0 bridgehead atoms. The summed E-state index contributed by atoms with van der Waals surface area (Å²) in [6.45, 7) is 1.00. The summed E-state index contributed by atoms with van der Waals surface area (Å²) >= 11 is 13.7. The highest BCUT2D eigenvalue weighted by Gasteiger charge is 2.57. The molecule has 1 unspecified atom stereocenters. The predicted octanol–water partition coefficient (Wildman–Crippen LogP) is 4.92. The van der Waals surface area contributed by atoms with Crippen molar-refractivity contribution in [2.75, 3.05) is 13.1 Å². The third kappa shape index (κ3) is 2.83. The predicted molar refractivity (Wildman–Crippen MR) is 109 cm³/mol. The van der Waals surface area contributed by atoms with Crippen molar-refractivity contribution in [3.8, 4) is 0 Å². The molecule has 0 radical (unpaired) electrons. The Morgan fingerprint density at radius 1 is 1.07 bits per heavy atom. The molecule has 2 aromatic rings. The van der Waals surface area contributed by atoms with Gasteiger partial charge in [-0.3, -0.25) is 4.79 Å². The first-order chi connectivity index (χ1) is 13.4. The second-order valence-electron chi connectivity index (χ2n) is 7.58. The van der Waals surface area contributed by atoms with Crippen LogP contribution in [0, 0.1) is 0 Å². The molecule has 7 heteroatoms.